The van der Waals surface area contributed by atoms with E-state index in [-0.39, 0.29) is 0 Å². The molecule has 1 atom stereocenters. The van der Waals surface area contributed by atoms with E-state index in [1.807, 2.05) is 0 Å². The van der Waals surface area contributed by atoms with E-state index in [1.54, 1.807) is 18.1 Å². The zero-order chi connectivity index (χ0) is 15.4. The molecule has 1 aromatic carbocycles. The second-order valence-electron chi connectivity index (χ2n) is 6.19. The van der Waals surface area contributed by atoms with E-state index in [1.165, 1.54) is 24.0 Å². The number of aromatic nitrogens is 2. The van der Waals surface area contributed by atoms with Crippen molar-refractivity contribution in [2.24, 2.45) is 5.92 Å². The van der Waals surface area contributed by atoms with Crippen LogP contribution in [0.15, 0.2) is 41.7 Å². The van der Waals surface area contributed by atoms with Gasteiger partial charge in [-0.25, -0.2) is 9.97 Å². The van der Waals surface area contributed by atoms with Crippen molar-refractivity contribution in [1.82, 2.24) is 9.97 Å². The Morgan fingerprint density at radius 3 is 3.00 bits per heavy atom. The Bertz CT molecular complexity index is 629. The quantitative estimate of drug-likeness (QED) is 0.621. The van der Waals surface area contributed by atoms with Crippen molar-refractivity contribution in [3.63, 3.8) is 0 Å². The third-order valence-electron chi connectivity index (χ3n) is 4.08. The third kappa shape index (κ3) is 4.01. The molecule has 4 heteroatoms. The van der Waals surface area contributed by atoms with Crippen LogP contribution in [0.25, 0.3) is 0 Å². The molecule has 0 bridgehead atoms. The van der Waals surface area contributed by atoms with E-state index in [2.05, 4.69) is 59.0 Å². The predicted octanol–water partition coefficient (Wildman–Crippen LogP) is 4.31. The van der Waals surface area contributed by atoms with Crippen molar-refractivity contribution in [1.29, 1.82) is 0 Å². The minimum absolute atomic E-state index is 0.757. The number of rotatable bonds is 4. The average molecular weight is 313 g/mol. The Balaban J connectivity index is 1.66. The SMILES string of the molecule is Cc1cccc(CSc2cc(N3CCCC(C)C3)ncn2)c1. The predicted molar refractivity (Wildman–Crippen MR) is 93.4 cm³/mol. The van der Waals surface area contributed by atoms with Gasteiger partial charge >= 0.3 is 0 Å². The summed E-state index contributed by atoms with van der Waals surface area (Å²) in [6.45, 7) is 6.68. The first kappa shape index (κ1) is 15.3. The Morgan fingerprint density at radius 1 is 1.27 bits per heavy atom. The molecule has 0 radical (unpaired) electrons. The van der Waals surface area contributed by atoms with Crippen LogP contribution in [0.2, 0.25) is 0 Å². The summed E-state index contributed by atoms with van der Waals surface area (Å²) in [5, 5.41) is 1.06. The van der Waals surface area contributed by atoms with Crippen molar-refractivity contribution < 1.29 is 0 Å². The highest BCUT2D eigenvalue weighted by molar-refractivity contribution is 7.98. The standard InChI is InChI=1S/C18H23N3S/c1-14-5-3-7-16(9-14)12-22-18-10-17(19-13-20-18)21-8-4-6-15(2)11-21/h3,5,7,9-10,13,15H,4,6,8,11-12H2,1-2H3. The zero-order valence-electron chi connectivity index (χ0n) is 13.3. The van der Waals surface area contributed by atoms with Crippen molar-refractivity contribution in [2.75, 3.05) is 18.0 Å². The fourth-order valence-electron chi connectivity index (χ4n) is 2.94. The van der Waals surface area contributed by atoms with E-state index in [0.717, 1.165) is 35.6 Å². The van der Waals surface area contributed by atoms with Crippen molar-refractivity contribution in [3.8, 4) is 0 Å². The summed E-state index contributed by atoms with van der Waals surface area (Å²) in [6.07, 6.45) is 4.29. The van der Waals surface area contributed by atoms with Crippen LogP contribution in [0.3, 0.4) is 0 Å². The molecule has 3 nitrogen and oxygen atoms in total. The van der Waals surface area contributed by atoms with Gasteiger partial charge in [0.15, 0.2) is 0 Å². The van der Waals surface area contributed by atoms with E-state index < -0.39 is 0 Å². The number of nitrogens with zero attached hydrogens (tertiary/aromatic N) is 3. The largest absolute Gasteiger partial charge is 0.356 e. The Hall–Kier alpha value is -1.55. The Labute approximate surface area is 137 Å². The summed E-state index contributed by atoms with van der Waals surface area (Å²) in [4.78, 5) is 11.3. The summed E-state index contributed by atoms with van der Waals surface area (Å²) in [7, 11) is 0. The normalized spacial score (nSPS) is 18.5. The molecule has 116 valence electrons. The summed E-state index contributed by atoms with van der Waals surface area (Å²) in [5.74, 6) is 2.79. The maximum Gasteiger partial charge on any atom is 0.133 e. The molecule has 1 saturated heterocycles. The van der Waals surface area contributed by atoms with Gasteiger partial charge in [-0.1, -0.05) is 36.8 Å². The van der Waals surface area contributed by atoms with Crippen LogP contribution in [-0.2, 0) is 5.75 Å². The summed E-state index contributed by atoms with van der Waals surface area (Å²) >= 11 is 1.78. The third-order valence-corrected chi connectivity index (χ3v) is 5.07. The molecular weight excluding hydrogens is 290 g/mol. The van der Waals surface area contributed by atoms with Crippen molar-refractivity contribution in [2.45, 2.75) is 37.5 Å². The number of hydrogen-bond acceptors (Lipinski definition) is 4. The molecule has 2 heterocycles. The van der Waals surface area contributed by atoms with Crippen LogP contribution in [-0.4, -0.2) is 23.1 Å². The van der Waals surface area contributed by atoms with Crippen LogP contribution in [0.1, 0.15) is 30.9 Å². The molecular formula is C18H23N3S. The van der Waals surface area contributed by atoms with Crippen molar-refractivity contribution >= 4 is 17.6 Å². The highest BCUT2D eigenvalue weighted by Crippen LogP contribution is 2.26. The Morgan fingerprint density at radius 2 is 2.18 bits per heavy atom. The van der Waals surface area contributed by atoms with Crippen LogP contribution in [0, 0.1) is 12.8 Å². The van der Waals surface area contributed by atoms with Crippen LogP contribution in [0.4, 0.5) is 5.82 Å². The molecule has 0 N–H and O–H groups in total. The van der Waals surface area contributed by atoms with Gasteiger partial charge in [-0.3, -0.25) is 0 Å². The van der Waals surface area contributed by atoms with E-state index in [4.69, 9.17) is 0 Å². The molecule has 1 aliphatic rings. The fraction of sp³-hybridized carbons (Fsp3) is 0.444. The molecule has 1 aromatic heterocycles. The highest BCUT2D eigenvalue weighted by atomic mass is 32.2. The number of anilines is 1. The first-order valence-electron chi connectivity index (χ1n) is 7.96. The van der Waals surface area contributed by atoms with Crippen LogP contribution < -0.4 is 4.90 Å². The topological polar surface area (TPSA) is 29.0 Å². The van der Waals surface area contributed by atoms with Gasteiger partial charge in [0.2, 0.25) is 0 Å². The number of piperidine rings is 1. The lowest BCUT2D eigenvalue weighted by atomic mass is 10.0. The molecule has 1 fully saturated rings. The monoisotopic (exact) mass is 313 g/mol. The number of thioether (sulfide) groups is 1. The van der Waals surface area contributed by atoms with Gasteiger partial charge in [-0.15, -0.1) is 11.8 Å². The zero-order valence-corrected chi connectivity index (χ0v) is 14.1. The smallest absolute Gasteiger partial charge is 0.133 e. The van der Waals surface area contributed by atoms with E-state index in [9.17, 15) is 0 Å². The van der Waals surface area contributed by atoms with Gasteiger partial charge in [0, 0.05) is 24.9 Å². The second-order valence-corrected chi connectivity index (χ2v) is 7.18. The lowest BCUT2D eigenvalue weighted by molar-refractivity contribution is 0.444. The van der Waals surface area contributed by atoms with Gasteiger partial charge in [0.1, 0.15) is 17.2 Å². The Kier molecular flexibility index (Phi) is 4.98. The minimum Gasteiger partial charge on any atom is -0.356 e. The molecule has 2 aromatic rings. The number of benzene rings is 1. The second kappa shape index (κ2) is 7.14. The molecule has 3 rings (SSSR count). The molecule has 0 aliphatic carbocycles. The first-order valence-corrected chi connectivity index (χ1v) is 8.94. The summed E-state index contributed by atoms with van der Waals surface area (Å²) in [6, 6.07) is 10.8. The van der Waals surface area contributed by atoms with Crippen LogP contribution in [0.5, 0.6) is 0 Å². The van der Waals surface area contributed by atoms with Gasteiger partial charge in [-0.05, 0) is 31.2 Å². The van der Waals surface area contributed by atoms with E-state index >= 15 is 0 Å². The first-order chi connectivity index (χ1) is 10.7. The van der Waals surface area contributed by atoms with E-state index in [0.29, 0.717) is 0 Å². The maximum atomic E-state index is 4.47. The number of hydrogen-bond donors (Lipinski definition) is 0. The molecule has 1 unspecified atom stereocenters. The average Bonchev–Trinajstić information content (AvgIpc) is 2.53. The summed E-state index contributed by atoms with van der Waals surface area (Å²) in [5.41, 5.74) is 2.65. The molecule has 22 heavy (non-hydrogen) atoms. The highest BCUT2D eigenvalue weighted by Gasteiger charge is 2.17. The van der Waals surface area contributed by atoms with Gasteiger partial charge in [-0.2, -0.15) is 0 Å². The lowest BCUT2D eigenvalue weighted by Gasteiger charge is -2.31. The van der Waals surface area contributed by atoms with Crippen molar-refractivity contribution in [3.05, 3.63) is 47.8 Å². The molecule has 0 amide bonds. The van der Waals surface area contributed by atoms with Crippen LogP contribution >= 0.6 is 11.8 Å². The minimum atomic E-state index is 0.757. The lowest BCUT2D eigenvalue weighted by Crippen LogP contribution is -2.34. The van der Waals surface area contributed by atoms with Gasteiger partial charge in [0.05, 0.1) is 0 Å². The van der Waals surface area contributed by atoms with Gasteiger partial charge < -0.3 is 4.90 Å². The summed E-state index contributed by atoms with van der Waals surface area (Å²) < 4.78 is 0. The maximum absolute atomic E-state index is 4.47. The molecule has 1 aliphatic heterocycles. The number of aryl methyl sites for hydroxylation is 1. The van der Waals surface area contributed by atoms with Gasteiger partial charge in [0.25, 0.3) is 0 Å². The molecule has 0 spiro atoms. The molecule has 0 saturated carbocycles. The fourth-order valence-corrected chi connectivity index (χ4v) is 3.74.